The number of rotatable bonds is 9. The summed E-state index contributed by atoms with van der Waals surface area (Å²) in [6.45, 7) is 0. The van der Waals surface area contributed by atoms with E-state index in [4.69, 9.17) is 5.11 Å². The molecule has 0 rings (SSSR count). The molecule has 0 aromatic rings. The predicted octanol–water partition coefficient (Wildman–Crippen LogP) is 4.73. The zero-order valence-electron chi connectivity index (χ0n) is 9.99. The van der Waals surface area contributed by atoms with Gasteiger partial charge in [-0.15, -0.1) is 0 Å². The lowest BCUT2D eigenvalue weighted by atomic mass is 10.0. The molecule has 10 heteroatoms. The second-order valence-corrected chi connectivity index (χ2v) is 5.06. The zero-order valence-corrected chi connectivity index (χ0v) is 11.5. The quantitative estimate of drug-likeness (QED) is 0.371. The second-order valence-electron chi connectivity index (χ2n) is 4.16. The van der Waals surface area contributed by atoms with Gasteiger partial charge in [0.15, 0.2) is 0 Å². The van der Waals surface area contributed by atoms with E-state index in [9.17, 15) is 31.1 Å². The Bertz CT molecular complexity index is 336. The van der Waals surface area contributed by atoms with Crippen LogP contribution >= 0.6 is 23.2 Å². The van der Waals surface area contributed by atoms with Gasteiger partial charge in [0.05, 0.1) is 0 Å². The van der Waals surface area contributed by atoms with Crippen molar-refractivity contribution in [2.45, 2.75) is 54.7 Å². The van der Waals surface area contributed by atoms with E-state index in [1.807, 2.05) is 0 Å². The molecule has 0 spiro atoms. The van der Waals surface area contributed by atoms with Crippen molar-refractivity contribution in [2.75, 3.05) is 0 Å². The van der Waals surface area contributed by atoms with E-state index < -0.39 is 41.4 Å². The maximum absolute atomic E-state index is 13.4. The third-order valence-corrected chi connectivity index (χ3v) is 3.34. The maximum atomic E-state index is 13.4. The molecule has 0 aromatic carbocycles. The van der Waals surface area contributed by atoms with Gasteiger partial charge in [-0.25, -0.2) is 17.6 Å². The number of carbonyl (C=O) groups is 1. The molecule has 2 nitrogen and oxygen atoms in total. The van der Waals surface area contributed by atoms with Gasteiger partial charge in [0, 0.05) is 12.8 Å². The molecule has 0 amide bonds. The van der Waals surface area contributed by atoms with E-state index in [1.54, 1.807) is 0 Å². The third-order valence-electron chi connectivity index (χ3n) is 2.53. The van der Waals surface area contributed by atoms with Crippen LogP contribution in [0.5, 0.6) is 0 Å². The van der Waals surface area contributed by atoms with E-state index in [2.05, 4.69) is 23.2 Å². The van der Waals surface area contributed by atoms with Crippen LogP contribution in [0.1, 0.15) is 32.1 Å². The molecule has 0 fully saturated rings. The zero-order chi connectivity index (χ0) is 16.2. The summed E-state index contributed by atoms with van der Waals surface area (Å²) < 4.78 is 78.2. The van der Waals surface area contributed by atoms with E-state index in [0.29, 0.717) is 0 Å². The second kappa shape index (κ2) is 7.06. The van der Waals surface area contributed by atoms with Crippen LogP contribution in [0.3, 0.4) is 0 Å². The lowest BCUT2D eigenvalue weighted by Gasteiger charge is -2.34. The van der Waals surface area contributed by atoms with Gasteiger partial charge in [-0.3, -0.25) is 4.79 Å². The Morgan fingerprint density at radius 2 is 1.60 bits per heavy atom. The highest BCUT2D eigenvalue weighted by molar-refractivity contribution is 6.26. The summed E-state index contributed by atoms with van der Waals surface area (Å²) in [4.78, 5) is 10.1. The first-order chi connectivity index (χ1) is 8.86. The number of aliphatic carboxylic acids is 1. The molecule has 0 radical (unpaired) electrons. The number of alkyl halides is 8. The Balaban J connectivity index is 4.58. The largest absolute Gasteiger partial charge is 0.481 e. The van der Waals surface area contributed by atoms with Crippen molar-refractivity contribution >= 4 is 29.2 Å². The molecule has 0 aliphatic carbocycles. The molecule has 0 aliphatic rings. The van der Waals surface area contributed by atoms with Gasteiger partial charge >= 0.3 is 22.9 Å². The van der Waals surface area contributed by atoms with Gasteiger partial charge in [0.2, 0.25) is 5.63 Å². The van der Waals surface area contributed by atoms with E-state index in [1.165, 1.54) is 0 Å². The maximum Gasteiger partial charge on any atom is 0.345 e. The summed E-state index contributed by atoms with van der Waals surface area (Å²) in [6.07, 6.45) is -2.16. The van der Waals surface area contributed by atoms with Crippen LogP contribution in [-0.4, -0.2) is 33.7 Å². The minimum Gasteiger partial charge on any atom is -0.481 e. The van der Waals surface area contributed by atoms with Gasteiger partial charge < -0.3 is 5.11 Å². The van der Waals surface area contributed by atoms with Crippen molar-refractivity contribution in [1.82, 2.24) is 0 Å². The van der Waals surface area contributed by atoms with E-state index >= 15 is 0 Å². The highest BCUT2D eigenvalue weighted by Crippen LogP contribution is 2.52. The van der Waals surface area contributed by atoms with Gasteiger partial charge in [-0.2, -0.15) is 8.78 Å². The molecule has 2 unspecified atom stereocenters. The Morgan fingerprint density at radius 1 is 1.10 bits per heavy atom. The molecule has 0 bridgehead atoms. The first-order valence-electron chi connectivity index (χ1n) is 5.49. The predicted molar refractivity (Wildman–Crippen MR) is 61.1 cm³/mol. The fourth-order valence-electron chi connectivity index (χ4n) is 1.34. The van der Waals surface area contributed by atoms with Crippen LogP contribution < -0.4 is 0 Å². The first kappa shape index (κ1) is 19.6. The van der Waals surface area contributed by atoms with Crippen molar-refractivity contribution in [3.63, 3.8) is 0 Å². The average molecular weight is 349 g/mol. The summed E-state index contributed by atoms with van der Waals surface area (Å²) in [5, 5.41) is 3.32. The summed E-state index contributed by atoms with van der Waals surface area (Å²) in [7, 11) is 0. The smallest absolute Gasteiger partial charge is 0.345 e. The molecular formula is C10H12Cl2F6O2. The van der Waals surface area contributed by atoms with Crippen molar-refractivity contribution in [3.8, 4) is 0 Å². The first-order valence-corrected chi connectivity index (χ1v) is 6.31. The van der Waals surface area contributed by atoms with Gasteiger partial charge in [0.25, 0.3) is 0 Å². The SMILES string of the molecule is O=C(O)CCCCCC(F)(F)C(F)(Cl)C(F)(F)C(F)Cl. The van der Waals surface area contributed by atoms with Crippen molar-refractivity contribution < 1.29 is 36.2 Å². The monoisotopic (exact) mass is 348 g/mol. The Hall–Kier alpha value is -0.370. The summed E-state index contributed by atoms with van der Waals surface area (Å²) in [5.74, 6) is -11.1. The minimum atomic E-state index is -5.28. The third kappa shape index (κ3) is 4.58. The highest BCUT2D eigenvalue weighted by atomic mass is 35.5. The van der Waals surface area contributed by atoms with Crippen LogP contribution in [0.4, 0.5) is 26.3 Å². The highest BCUT2D eigenvalue weighted by Gasteiger charge is 2.71. The summed E-state index contributed by atoms with van der Waals surface area (Å²) in [5.41, 5.74) is -3.71. The number of hydrogen-bond donors (Lipinski definition) is 1. The van der Waals surface area contributed by atoms with Crippen LogP contribution in [0.25, 0.3) is 0 Å². The molecule has 20 heavy (non-hydrogen) atoms. The molecule has 2 atom stereocenters. The molecule has 0 aliphatic heterocycles. The van der Waals surface area contributed by atoms with Crippen LogP contribution in [0, 0.1) is 0 Å². The van der Waals surface area contributed by atoms with Crippen LogP contribution in [0.2, 0.25) is 0 Å². The normalized spacial score (nSPS) is 17.6. The molecule has 0 heterocycles. The van der Waals surface area contributed by atoms with Crippen molar-refractivity contribution in [2.24, 2.45) is 0 Å². The topological polar surface area (TPSA) is 37.3 Å². The van der Waals surface area contributed by atoms with Gasteiger partial charge in [-0.05, 0) is 12.8 Å². The van der Waals surface area contributed by atoms with Crippen LogP contribution in [0.15, 0.2) is 0 Å². The van der Waals surface area contributed by atoms with Gasteiger partial charge in [0.1, 0.15) is 0 Å². The fraction of sp³-hybridized carbons (Fsp3) is 0.900. The molecule has 0 aromatic heterocycles. The number of hydrogen-bond acceptors (Lipinski definition) is 1. The molecule has 0 saturated carbocycles. The van der Waals surface area contributed by atoms with E-state index in [-0.39, 0.29) is 19.3 Å². The minimum absolute atomic E-state index is 0.0185. The number of unbranched alkanes of at least 4 members (excludes halogenated alkanes) is 2. The number of carboxylic acid groups (broad SMARTS) is 1. The summed E-state index contributed by atoms with van der Waals surface area (Å²) >= 11 is 8.83. The van der Waals surface area contributed by atoms with Gasteiger partial charge in [-0.1, -0.05) is 29.6 Å². The summed E-state index contributed by atoms with van der Waals surface area (Å²) in [6, 6.07) is 0. The van der Waals surface area contributed by atoms with Crippen molar-refractivity contribution in [1.29, 1.82) is 0 Å². The number of carboxylic acids is 1. The van der Waals surface area contributed by atoms with Crippen molar-refractivity contribution in [3.05, 3.63) is 0 Å². The lowest BCUT2D eigenvalue weighted by Crippen LogP contribution is -2.56. The molecule has 0 saturated heterocycles. The number of halogens is 8. The average Bonchev–Trinajstić information content (AvgIpc) is 2.27. The van der Waals surface area contributed by atoms with E-state index in [0.717, 1.165) is 0 Å². The lowest BCUT2D eigenvalue weighted by molar-refractivity contribution is -0.220. The molecule has 1 N–H and O–H groups in total. The Kier molecular flexibility index (Phi) is 6.93. The van der Waals surface area contributed by atoms with Crippen LogP contribution in [-0.2, 0) is 4.79 Å². The Labute approximate surface area is 121 Å². The Morgan fingerprint density at radius 3 is 2.00 bits per heavy atom. The fourth-order valence-corrected chi connectivity index (χ4v) is 1.73. The molecule has 120 valence electrons. The standard InChI is InChI=1S/C10H12Cl2F6O2/c11-7(13)9(16,17)10(12,18)8(14,15)5-3-1-2-4-6(19)20/h7H,1-5H2,(H,19,20). The molecular weight excluding hydrogens is 337 g/mol.